The van der Waals surface area contributed by atoms with Crippen LogP contribution in [0.2, 0.25) is 0 Å². The van der Waals surface area contributed by atoms with Gasteiger partial charge in [-0.3, -0.25) is 9.78 Å². The van der Waals surface area contributed by atoms with Crippen LogP contribution in [0, 0.1) is 0 Å². The van der Waals surface area contributed by atoms with Crippen molar-refractivity contribution in [1.29, 1.82) is 0 Å². The number of rotatable bonds is 8. The standard InChI is InChI=1S/C29H25NO3/c1-32-28-20-23(13-12-22-16-18-30-19-17-22)14-15-27(28)33-29(31)21-26(24-8-4-2-5-9-24)25-10-6-3-7-11-25/h2-20,26H,21H2,1H3/b13-12+. The van der Waals surface area contributed by atoms with Crippen LogP contribution in [-0.4, -0.2) is 18.1 Å². The number of hydrogen-bond acceptors (Lipinski definition) is 4. The summed E-state index contributed by atoms with van der Waals surface area (Å²) in [6.07, 6.45) is 7.69. The fourth-order valence-electron chi connectivity index (χ4n) is 3.67. The molecule has 0 saturated carbocycles. The van der Waals surface area contributed by atoms with Crippen LogP contribution in [0.15, 0.2) is 103 Å². The Morgan fingerprint density at radius 1 is 0.788 bits per heavy atom. The highest BCUT2D eigenvalue weighted by Crippen LogP contribution is 2.32. The van der Waals surface area contributed by atoms with Gasteiger partial charge in [0, 0.05) is 18.3 Å². The van der Waals surface area contributed by atoms with Gasteiger partial charge in [-0.05, 0) is 46.5 Å². The smallest absolute Gasteiger partial charge is 0.312 e. The van der Waals surface area contributed by atoms with E-state index in [0.29, 0.717) is 11.5 Å². The molecule has 0 N–H and O–H groups in total. The van der Waals surface area contributed by atoms with Gasteiger partial charge >= 0.3 is 5.97 Å². The Hall–Kier alpha value is -4.18. The summed E-state index contributed by atoms with van der Waals surface area (Å²) in [5.74, 6) is 0.513. The normalized spacial score (nSPS) is 11.0. The second-order valence-electron chi connectivity index (χ2n) is 7.58. The monoisotopic (exact) mass is 435 g/mol. The summed E-state index contributed by atoms with van der Waals surface area (Å²) < 4.78 is 11.2. The molecule has 0 saturated heterocycles. The number of ether oxygens (including phenoxy) is 2. The summed E-state index contributed by atoms with van der Waals surface area (Å²) in [6, 6.07) is 29.4. The number of hydrogen-bond donors (Lipinski definition) is 0. The molecule has 0 bridgehead atoms. The van der Waals surface area contributed by atoms with Gasteiger partial charge in [0.1, 0.15) is 0 Å². The van der Waals surface area contributed by atoms with E-state index in [1.165, 1.54) is 0 Å². The summed E-state index contributed by atoms with van der Waals surface area (Å²) in [5.41, 5.74) is 4.13. The Labute approximate surface area is 194 Å². The number of pyridine rings is 1. The lowest BCUT2D eigenvalue weighted by molar-refractivity contribution is -0.134. The number of benzene rings is 3. The van der Waals surface area contributed by atoms with Crippen LogP contribution in [-0.2, 0) is 4.79 Å². The molecule has 0 aliphatic heterocycles. The number of esters is 1. The van der Waals surface area contributed by atoms with Crippen molar-refractivity contribution in [2.75, 3.05) is 7.11 Å². The summed E-state index contributed by atoms with van der Waals surface area (Å²) >= 11 is 0. The van der Waals surface area contributed by atoms with E-state index in [0.717, 1.165) is 22.3 Å². The third kappa shape index (κ3) is 5.95. The first-order valence-corrected chi connectivity index (χ1v) is 10.8. The number of nitrogens with zero attached hydrogens (tertiary/aromatic N) is 1. The number of carbonyl (C=O) groups excluding carboxylic acids is 1. The van der Waals surface area contributed by atoms with Crippen molar-refractivity contribution < 1.29 is 14.3 Å². The molecule has 4 aromatic rings. The maximum absolute atomic E-state index is 12.9. The number of carbonyl (C=O) groups is 1. The highest BCUT2D eigenvalue weighted by atomic mass is 16.6. The number of aromatic nitrogens is 1. The van der Waals surface area contributed by atoms with Gasteiger partial charge < -0.3 is 9.47 Å². The Bertz CT molecular complexity index is 1170. The Balaban J connectivity index is 1.50. The van der Waals surface area contributed by atoms with Crippen LogP contribution >= 0.6 is 0 Å². The molecule has 1 aromatic heterocycles. The molecular formula is C29H25NO3. The fraction of sp³-hybridized carbons (Fsp3) is 0.103. The lowest BCUT2D eigenvalue weighted by Crippen LogP contribution is -2.14. The molecule has 4 heteroatoms. The third-order valence-corrected chi connectivity index (χ3v) is 5.36. The molecule has 0 radical (unpaired) electrons. The largest absolute Gasteiger partial charge is 0.493 e. The van der Waals surface area contributed by atoms with Crippen molar-refractivity contribution in [2.24, 2.45) is 0 Å². The second kappa shape index (κ2) is 10.9. The van der Waals surface area contributed by atoms with Crippen LogP contribution in [0.1, 0.15) is 34.6 Å². The van der Waals surface area contributed by atoms with Gasteiger partial charge in [-0.25, -0.2) is 0 Å². The SMILES string of the molecule is COc1cc(/C=C/c2ccncc2)ccc1OC(=O)CC(c1ccccc1)c1ccccc1. The van der Waals surface area contributed by atoms with Crippen molar-refractivity contribution in [2.45, 2.75) is 12.3 Å². The second-order valence-corrected chi connectivity index (χ2v) is 7.58. The Morgan fingerprint density at radius 2 is 1.39 bits per heavy atom. The molecule has 0 fully saturated rings. The third-order valence-electron chi connectivity index (χ3n) is 5.36. The van der Waals surface area contributed by atoms with E-state index < -0.39 is 0 Å². The molecule has 4 nitrogen and oxygen atoms in total. The molecule has 0 atom stereocenters. The zero-order valence-electron chi connectivity index (χ0n) is 18.4. The molecule has 0 unspecified atom stereocenters. The maximum Gasteiger partial charge on any atom is 0.312 e. The first kappa shape index (κ1) is 22.0. The average Bonchev–Trinajstić information content (AvgIpc) is 2.88. The lowest BCUT2D eigenvalue weighted by Gasteiger charge is -2.18. The molecule has 0 amide bonds. The summed E-state index contributed by atoms with van der Waals surface area (Å²) in [4.78, 5) is 17.0. The average molecular weight is 436 g/mol. The van der Waals surface area contributed by atoms with E-state index in [4.69, 9.17) is 9.47 Å². The van der Waals surface area contributed by atoms with Gasteiger partial charge in [0.05, 0.1) is 13.5 Å². The lowest BCUT2D eigenvalue weighted by atomic mass is 9.88. The molecule has 1 heterocycles. The summed E-state index contributed by atoms with van der Waals surface area (Å²) in [5, 5.41) is 0. The summed E-state index contributed by atoms with van der Waals surface area (Å²) in [6.45, 7) is 0. The summed E-state index contributed by atoms with van der Waals surface area (Å²) in [7, 11) is 1.57. The van der Waals surface area contributed by atoms with Gasteiger partial charge in [0.15, 0.2) is 11.5 Å². The Morgan fingerprint density at radius 3 is 2.00 bits per heavy atom. The minimum Gasteiger partial charge on any atom is -0.493 e. The fourth-order valence-corrected chi connectivity index (χ4v) is 3.67. The minimum absolute atomic E-state index is 0.0894. The highest BCUT2D eigenvalue weighted by molar-refractivity contribution is 5.76. The van der Waals surface area contributed by atoms with Gasteiger partial charge in [-0.15, -0.1) is 0 Å². The molecule has 3 aromatic carbocycles. The van der Waals surface area contributed by atoms with E-state index in [9.17, 15) is 4.79 Å². The zero-order chi connectivity index (χ0) is 22.9. The van der Waals surface area contributed by atoms with E-state index in [1.54, 1.807) is 25.6 Å². The van der Waals surface area contributed by atoms with Crippen molar-refractivity contribution in [1.82, 2.24) is 4.98 Å². The Kier molecular flexibility index (Phi) is 7.29. The van der Waals surface area contributed by atoms with Crippen molar-refractivity contribution in [3.63, 3.8) is 0 Å². The van der Waals surface area contributed by atoms with Gasteiger partial charge in [0.25, 0.3) is 0 Å². The van der Waals surface area contributed by atoms with Crippen LogP contribution in [0.4, 0.5) is 0 Å². The zero-order valence-corrected chi connectivity index (χ0v) is 18.4. The van der Waals surface area contributed by atoms with Gasteiger partial charge in [-0.1, -0.05) is 78.9 Å². The van der Waals surface area contributed by atoms with E-state index in [-0.39, 0.29) is 18.3 Å². The number of methoxy groups -OCH3 is 1. The molecule has 0 spiro atoms. The topological polar surface area (TPSA) is 48.4 Å². The molecule has 0 aliphatic carbocycles. The molecule has 33 heavy (non-hydrogen) atoms. The van der Waals surface area contributed by atoms with E-state index in [1.807, 2.05) is 97.1 Å². The van der Waals surface area contributed by atoms with Crippen LogP contribution < -0.4 is 9.47 Å². The molecule has 0 aliphatic rings. The molecular weight excluding hydrogens is 410 g/mol. The van der Waals surface area contributed by atoms with Crippen molar-refractivity contribution in [3.05, 3.63) is 126 Å². The maximum atomic E-state index is 12.9. The van der Waals surface area contributed by atoms with E-state index in [2.05, 4.69) is 4.98 Å². The van der Waals surface area contributed by atoms with Crippen LogP contribution in [0.5, 0.6) is 11.5 Å². The van der Waals surface area contributed by atoms with E-state index >= 15 is 0 Å². The van der Waals surface area contributed by atoms with Crippen molar-refractivity contribution in [3.8, 4) is 11.5 Å². The molecule has 4 rings (SSSR count). The van der Waals surface area contributed by atoms with Crippen LogP contribution in [0.25, 0.3) is 12.2 Å². The predicted molar refractivity (Wildman–Crippen MR) is 131 cm³/mol. The predicted octanol–water partition coefficient (Wildman–Crippen LogP) is 6.39. The minimum atomic E-state index is -0.314. The molecule has 164 valence electrons. The van der Waals surface area contributed by atoms with Crippen LogP contribution in [0.3, 0.4) is 0 Å². The van der Waals surface area contributed by atoms with Gasteiger partial charge in [-0.2, -0.15) is 0 Å². The first-order valence-electron chi connectivity index (χ1n) is 10.8. The highest BCUT2D eigenvalue weighted by Gasteiger charge is 2.20. The first-order chi connectivity index (χ1) is 16.2. The quantitative estimate of drug-likeness (QED) is 0.238. The van der Waals surface area contributed by atoms with Crippen molar-refractivity contribution >= 4 is 18.1 Å². The van der Waals surface area contributed by atoms with Gasteiger partial charge in [0.2, 0.25) is 0 Å².